The van der Waals surface area contributed by atoms with Crippen LogP contribution < -0.4 is 0 Å². The Labute approximate surface area is 187 Å². The van der Waals surface area contributed by atoms with Crippen LogP contribution in [-0.4, -0.2) is 9.55 Å². The SMILES string of the molecule is Clc1ccccc1Cn1c(-c2ccccc2)nc(-c2ccccc2)c1-c1ccccc1. The fraction of sp³-hybridized carbons (Fsp3) is 0.0357. The van der Waals surface area contributed by atoms with Crippen LogP contribution in [-0.2, 0) is 6.54 Å². The maximum absolute atomic E-state index is 6.56. The van der Waals surface area contributed by atoms with Crippen molar-refractivity contribution >= 4 is 11.6 Å². The monoisotopic (exact) mass is 420 g/mol. The summed E-state index contributed by atoms with van der Waals surface area (Å²) in [7, 11) is 0. The number of halogens is 1. The molecule has 150 valence electrons. The first-order valence-electron chi connectivity index (χ1n) is 10.3. The normalized spacial score (nSPS) is 10.9. The van der Waals surface area contributed by atoms with E-state index in [9.17, 15) is 0 Å². The highest BCUT2D eigenvalue weighted by Crippen LogP contribution is 2.37. The first kappa shape index (κ1) is 19.3. The molecule has 31 heavy (non-hydrogen) atoms. The van der Waals surface area contributed by atoms with Crippen LogP contribution in [0.3, 0.4) is 0 Å². The minimum Gasteiger partial charge on any atom is -0.319 e. The second kappa shape index (κ2) is 8.63. The summed E-state index contributed by atoms with van der Waals surface area (Å²) in [6.07, 6.45) is 0. The summed E-state index contributed by atoms with van der Waals surface area (Å²) in [5, 5.41) is 0.760. The summed E-state index contributed by atoms with van der Waals surface area (Å²) in [4.78, 5) is 5.17. The third-order valence-corrected chi connectivity index (χ3v) is 5.75. The molecule has 0 unspecified atom stereocenters. The molecule has 1 heterocycles. The second-order valence-corrected chi connectivity index (χ2v) is 7.82. The minimum atomic E-state index is 0.633. The number of nitrogens with zero attached hydrogens (tertiary/aromatic N) is 2. The molecule has 0 atom stereocenters. The van der Waals surface area contributed by atoms with Crippen molar-refractivity contribution in [3.63, 3.8) is 0 Å². The van der Waals surface area contributed by atoms with Gasteiger partial charge in [-0.1, -0.05) is 121 Å². The van der Waals surface area contributed by atoms with Crippen molar-refractivity contribution in [3.05, 3.63) is 126 Å². The molecular formula is C28H21ClN2. The molecule has 0 saturated carbocycles. The van der Waals surface area contributed by atoms with Crippen LogP contribution in [0.4, 0.5) is 0 Å². The van der Waals surface area contributed by atoms with Crippen LogP contribution in [0.25, 0.3) is 33.9 Å². The number of aromatic nitrogens is 2. The Bertz CT molecular complexity index is 1290. The van der Waals surface area contributed by atoms with Gasteiger partial charge in [-0.2, -0.15) is 0 Å². The fourth-order valence-electron chi connectivity index (χ4n) is 3.90. The molecule has 0 N–H and O–H groups in total. The summed E-state index contributed by atoms with van der Waals surface area (Å²) >= 11 is 6.56. The van der Waals surface area contributed by atoms with Gasteiger partial charge in [0.05, 0.1) is 17.9 Å². The van der Waals surface area contributed by atoms with Crippen LogP contribution in [0, 0.1) is 0 Å². The standard InChI is InChI=1S/C28H21ClN2/c29-25-19-11-10-18-24(25)20-31-27(22-14-6-2-7-15-22)26(21-12-4-1-5-13-21)30-28(31)23-16-8-3-9-17-23/h1-19H,20H2. The van der Waals surface area contributed by atoms with E-state index in [1.165, 1.54) is 0 Å². The van der Waals surface area contributed by atoms with E-state index in [2.05, 4.69) is 71.3 Å². The Morgan fingerprint density at radius 2 is 1.10 bits per heavy atom. The highest BCUT2D eigenvalue weighted by molar-refractivity contribution is 6.31. The van der Waals surface area contributed by atoms with E-state index in [0.29, 0.717) is 6.54 Å². The quantitative estimate of drug-likeness (QED) is 0.286. The second-order valence-electron chi connectivity index (χ2n) is 7.41. The lowest BCUT2D eigenvalue weighted by Crippen LogP contribution is -2.05. The van der Waals surface area contributed by atoms with Crippen LogP contribution in [0.1, 0.15) is 5.56 Å². The lowest BCUT2D eigenvalue weighted by Gasteiger charge is -2.14. The molecule has 0 amide bonds. The van der Waals surface area contributed by atoms with Crippen LogP contribution in [0.5, 0.6) is 0 Å². The van der Waals surface area contributed by atoms with Gasteiger partial charge in [0, 0.05) is 21.7 Å². The topological polar surface area (TPSA) is 17.8 Å². The van der Waals surface area contributed by atoms with Gasteiger partial charge in [-0.15, -0.1) is 0 Å². The van der Waals surface area contributed by atoms with E-state index >= 15 is 0 Å². The molecule has 0 fully saturated rings. The minimum absolute atomic E-state index is 0.633. The smallest absolute Gasteiger partial charge is 0.141 e. The molecule has 3 heteroatoms. The molecule has 4 aromatic carbocycles. The lowest BCUT2D eigenvalue weighted by atomic mass is 10.0. The highest BCUT2D eigenvalue weighted by atomic mass is 35.5. The zero-order chi connectivity index (χ0) is 21.0. The Kier molecular flexibility index (Phi) is 5.39. The van der Waals surface area contributed by atoms with Crippen LogP contribution in [0.15, 0.2) is 115 Å². The van der Waals surface area contributed by atoms with Gasteiger partial charge < -0.3 is 4.57 Å². The molecule has 0 saturated heterocycles. The van der Waals surface area contributed by atoms with Gasteiger partial charge in [0.1, 0.15) is 5.82 Å². The van der Waals surface area contributed by atoms with Gasteiger partial charge in [-0.3, -0.25) is 0 Å². The van der Waals surface area contributed by atoms with Crippen molar-refractivity contribution in [2.24, 2.45) is 0 Å². The first-order chi connectivity index (χ1) is 15.3. The Balaban J connectivity index is 1.81. The zero-order valence-electron chi connectivity index (χ0n) is 16.9. The molecule has 2 nitrogen and oxygen atoms in total. The average Bonchev–Trinajstić information content (AvgIpc) is 3.21. The summed E-state index contributed by atoms with van der Waals surface area (Å²) < 4.78 is 2.29. The van der Waals surface area contributed by atoms with Crippen molar-refractivity contribution in [1.29, 1.82) is 0 Å². The maximum Gasteiger partial charge on any atom is 0.141 e. The molecule has 0 radical (unpaired) electrons. The number of hydrogen-bond donors (Lipinski definition) is 0. The molecule has 0 spiro atoms. The molecular weight excluding hydrogens is 400 g/mol. The van der Waals surface area contributed by atoms with Crippen molar-refractivity contribution in [2.45, 2.75) is 6.54 Å². The first-order valence-corrected chi connectivity index (χ1v) is 10.7. The van der Waals surface area contributed by atoms with Gasteiger partial charge in [0.25, 0.3) is 0 Å². The van der Waals surface area contributed by atoms with Gasteiger partial charge >= 0.3 is 0 Å². The number of hydrogen-bond acceptors (Lipinski definition) is 1. The predicted octanol–water partition coefficient (Wildman–Crippen LogP) is 7.59. The number of rotatable bonds is 5. The zero-order valence-corrected chi connectivity index (χ0v) is 17.7. The lowest BCUT2D eigenvalue weighted by molar-refractivity contribution is 0.815. The molecule has 0 aliphatic carbocycles. The Morgan fingerprint density at radius 3 is 1.71 bits per heavy atom. The maximum atomic E-state index is 6.56. The van der Waals surface area contributed by atoms with Gasteiger partial charge in [-0.05, 0) is 11.6 Å². The summed E-state index contributed by atoms with van der Waals surface area (Å²) in [5.41, 5.74) is 6.42. The molecule has 0 aliphatic rings. The third-order valence-electron chi connectivity index (χ3n) is 5.38. The fourth-order valence-corrected chi connectivity index (χ4v) is 4.09. The van der Waals surface area contributed by atoms with E-state index in [-0.39, 0.29) is 0 Å². The van der Waals surface area contributed by atoms with Gasteiger partial charge in [0.2, 0.25) is 0 Å². The highest BCUT2D eigenvalue weighted by Gasteiger charge is 2.21. The van der Waals surface area contributed by atoms with Gasteiger partial charge in [-0.25, -0.2) is 4.98 Å². The molecule has 1 aromatic heterocycles. The Morgan fingerprint density at radius 1 is 0.581 bits per heavy atom. The van der Waals surface area contributed by atoms with Gasteiger partial charge in [0.15, 0.2) is 0 Å². The van der Waals surface area contributed by atoms with E-state index in [1.807, 2.05) is 48.5 Å². The number of imidazole rings is 1. The van der Waals surface area contributed by atoms with Crippen LogP contribution in [0.2, 0.25) is 5.02 Å². The van der Waals surface area contributed by atoms with E-state index < -0.39 is 0 Å². The van der Waals surface area contributed by atoms with Crippen molar-refractivity contribution in [1.82, 2.24) is 9.55 Å². The Hall–Kier alpha value is -3.62. The van der Waals surface area contributed by atoms with E-state index in [4.69, 9.17) is 16.6 Å². The summed E-state index contributed by atoms with van der Waals surface area (Å²) in [5.74, 6) is 0.929. The summed E-state index contributed by atoms with van der Waals surface area (Å²) in [6.45, 7) is 0.633. The molecule has 5 aromatic rings. The average molecular weight is 421 g/mol. The number of benzene rings is 4. The van der Waals surface area contributed by atoms with E-state index in [0.717, 1.165) is 44.5 Å². The van der Waals surface area contributed by atoms with Crippen molar-refractivity contribution < 1.29 is 0 Å². The van der Waals surface area contributed by atoms with Crippen molar-refractivity contribution in [3.8, 4) is 33.9 Å². The largest absolute Gasteiger partial charge is 0.319 e. The molecule has 0 bridgehead atoms. The van der Waals surface area contributed by atoms with E-state index in [1.54, 1.807) is 0 Å². The predicted molar refractivity (Wildman–Crippen MR) is 129 cm³/mol. The third kappa shape index (κ3) is 3.90. The summed E-state index contributed by atoms with van der Waals surface area (Å²) in [6, 6.07) is 39.2. The molecule has 5 rings (SSSR count). The van der Waals surface area contributed by atoms with Crippen LogP contribution >= 0.6 is 11.6 Å². The van der Waals surface area contributed by atoms with Crippen molar-refractivity contribution in [2.75, 3.05) is 0 Å². The molecule has 0 aliphatic heterocycles.